The average molecular weight is 524 g/mol. The minimum absolute atomic E-state index is 0.0604. The van der Waals surface area contributed by atoms with Gasteiger partial charge in [0.05, 0.1) is 23.6 Å². The molecule has 2 aromatic carbocycles. The summed E-state index contributed by atoms with van der Waals surface area (Å²) in [6.07, 6.45) is 2.39. The lowest BCUT2D eigenvalue weighted by Crippen LogP contribution is -2.29. The predicted octanol–water partition coefficient (Wildman–Crippen LogP) is 5.61. The van der Waals surface area contributed by atoms with Gasteiger partial charge >= 0.3 is 5.97 Å². The molecule has 1 aliphatic heterocycles. The summed E-state index contributed by atoms with van der Waals surface area (Å²) in [6.45, 7) is 2.51. The van der Waals surface area contributed by atoms with Crippen LogP contribution in [0, 0.1) is 5.82 Å². The van der Waals surface area contributed by atoms with Crippen LogP contribution in [0.1, 0.15) is 30.9 Å². The third-order valence-electron chi connectivity index (χ3n) is 4.86. The number of esters is 1. The Kier molecular flexibility index (Phi) is 9.32. The molecule has 0 aliphatic carbocycles. The van der Waals surface area contributed by atoms with E-state index in [2.05, 4.69) is 4.74 Å². The van der Waals surface area contributed by atoms with Crippen LogP contribution in [0.4, 0.5) is 4.39 Å². The summed E-state index contributed by atoms with van der Waals surface area (Å²) in [5, 5.41) is 0.281. The van der Waals surface area contributed by atoms with Crippen LogP contribution in [0.3, 0.4) is 0 Å². The number of carbonyl (C=O) groups is 2. The smallest absolute Gasteiger partial charge is 0.305 e. The maximum atomic E-state index is 14.1. The summed E-state index contributed by atoms with van der Waals surface area (Å²) >= 11 is 12.6. The number of thioether (sulfide) groups is 1. The molecule has 10 heteroatoms. The fourth-order valence-corrected chi connectivity index (χ4v) is 4.68. The highest BCUT2D eigenvalue weighted by molar-refractivity contribution is 8.26. The maximum Gasteiger partial charge on any atom is 0.305 e. The van der Waals surface area contributed by atoms with Crippen molar-refractivity contribution >= 4 is 57.9 Å². The third-order valence-corrected chi connectivity index (χ3v) is 6.59. The Morgan fingerprint density at radius 2 is 2.03 bits per heavy atom. The number of nitrogens with zero attached hydrogens (tertiary/aromatic N) is 1. The van der Waals surface area contributed by atoms with Gasteiger partial charge in [-0.25, -0.2) is 4.39 Å². The van der Waals surface area contributed by atoms with Crippen molar-refractivity contribution in [1.29, 1.82) is 0 Å². The highest BCUT2D eigenvalue weighted by Crippen LogP contribution is 2.35. The van der Waals surface area contributed by atoms with Gasteiger partial charge in [-0.05, 0) is 49.2 Å². The van der Waals surface area contributed by atoms with Crippen molar-refractivity contribution in [2.75, 3.05) is 20.3 Å². The molecular weight excluding hydrogens is 501 g/mol. The zero-order valence-corrected chi connectivity index (χ0v) is 21.0. The van der Waals surface area contributed by atoms with Gasteiger partial charge in [-0.3, -0.25) is 14.5 Å². The predicted molar refractivity (Wildman–Crippen MR) is 134 cm³/mol. The number of carbonyl (C=O) groups excluding carboxylic acids is 2. The topological polar surface area (TPSA) is 65.1 Å². The van der Waals surface area contributed by atoms with Gasteiger partial charge < -0.3 is 14.2 Å². The molecule has 0 aromatic heterocycles. The minimum Gasteiger partial charge on any atom is -0.490 e. The molecule has 1 heterocycles. The molecule has 3 rings (SSSR count). The molecule has 6 nitrogen and oxygen atoms in total. The van der Waals surface area contributed by atoms with Gasteiger partial charge in [0.15, 0.2) is 11.5 Å². The van der Waals surface area contributed by atoms with E-state index in [9.17, 15) is 14.0 Å². The standard InChI is InChI=1S/C24H23ClFNO5S2/c1-3-31-20-12-15(9-10-19(20)32-14-16-17(25)6-4-7-18(16)26)13-21-23(29)27(24(33)34-21)11-5-8-22(28)30-2/h4,6-7,9-10,12-13H,3,5,8,11,14H2,1-2H3/b21-13+. The van der Waals surface area contributed by atoms with E-state index in [0.717, 1.165) is 5.56 Å². The summed E-state index contributed by atoms with van der Waals surface area (Å²) in [4.78, 5) is 26.1. The van der Waals surface area contributed by atoms with Crippen LogP contribution in [0.25, 0.3) is 6.08 Å². The van der Waals surface area contributed by atoms with Crippen LogP contribution in [-0.4, -0.2) is 41.4 Å². The zero-order chi connectivity index (χ0) is 24.7. The largest absolute Gasteiger partial charge is 0.490 e. The van der Waals surface area contributed by atoms with Crippen molar-refractivity contribution in [2.45, 2.75) is 26.4 Å². The minimum atomic E-state index is -0.448. The fourth-order valence-electron chi connectivity index (χ4n) is 3.15. The molecule has 0 saturated carbocycles. The first-order chi connectivity index (χ1) is 16.3. The van der Waals surface area contributed by atoms with Gasteiger partial charge in [-0.15, -0.1) is 0 Å². The molecule has 1 fully saturated rings. The molecule has 2 aromatic rings. The van der Waals surface area contributed by atoms with Gasteiger partial charge in [-0.1, -0.05) is 47.7 Å². The lowest BCUT2D eigenvalue weighted by Gasteiger charge is -2.14. The number of hydrogen-bond donors (Lipinski definition) is 0. The second-order valence-electron chi connectivity index (χ2n) is 7.14. The number of thiocarbonyl (C=S) groups is 1. The molecule has 0 unspecified atom stereocenters. The number of methoxy groups -OCH3 is 1. The van der Waals surface area contributed by atoms with Crippen LogP contribution >= 0.6 is 35.6 Å². The third kappa shape index (κ3) is 6.49. The van der Waals surface area contributed by atoms with Crippen LogP contribution in [0.5, 0.6) is 11.5 Å². The SMILES string of the molecule is CCOc1cc(/C=C2/SC(=S)N(CCCC(=O)OC)C2=O)ccc1OCc1c(F)cccc1Cl. The zero-order valence-electron chi connectivity index (χ0n) is 18.6. The lowest BCUT2D eigenvalue weighted by atomic mass is 10.1. The number of ether oxygens (including phenoxy) is 3. The molecule has 0 bridgehead atoms. The number of benzene rings is 2. The van der Waals surface area contributed by atoms with E-state index in [1.807, 2.05) is 6.92 Å². The van der Waals surface area contributed by atoms with Crippen molar-refractivity contribution < 1.29 is 28.2 Å². The molecule has 180 valence electrons. The van der Waals surface area contributed by atoms with E-state index >= 15 is 0 Å². The number of halogens is 2. The lowest BCUT2D eigenvalue weighted by molar-refractivity contribution is -0.141. The summed E-state index contributed by atoms with van der Waals surface area (Å²) in [6, 6.07) is 9.66. The second kappa shape index (κ2) is 12.2. The Labute approximate surface area is 212 Å². The molecule has 0 atom stereocenters. The van der Waals surface area contributed by atoms with E-state index in [1.54, 1.807) is 30.3 Å². The summed E-state index contributed by atoms with van der Waals surface area (Å²) in [5.41, 5.74) is 0.973. The average Bonchev–Trinajstić information content (AvgIpc) is 3.07. The summed E-state index contributed by atoms with van der Waals surface area (Å²) in [5.74, 6) is -0.113. The highest BCUT2D eigenvalue weighted by atomic mass is 35.5. The van der Waals surface area contributed by atoms with Gasteiger partial charge in [-0.2, -0.15) is 0 Å². The maximum absolute atomic E-state index is 14.1. The summed E-state index contributed by atoms with van der Waals surface area (Å²) < 4.78 is 30.6. The van der Waals surface area contributed by atoms with E-state index < -0.39 is 5.82 Å². The van der Waals surface area contributed by atoms with Crippen LogP contribution in [0.2, 0.25) is 5.02 Å². The van der Waals surface area contributed by atoms with E-state index in [1.165, 1.54) is 35.9 Å². The van der Waals surface area contributed by atoms with E-state index in [4.69, 9.17) is 33.3 Å². The number of hydrogen-bond acceptors (Lipinski definition) is 7. The molecule has 0 radical (unpaired) electrons. The van der Waals surface area contributed by atoms with Gasteiger partial charge in [0, 0.05) is 18.5 Å². The first kappa shape index (κ1) is 26.0. The number of amides is 1. The van der Waals surface area contributed by atoms with Gasteiger partial charge in [0.1, 0.15) is 16.7 Å². The molecule has 0 spiro atoms. The Morgan fingerprint density at radius 1 is 1.24 bits per heavy atom. The molecule has 34 heavy (non-hydrogen) atoms. The Bertz CT molecular complexity index is 1100. The van der Waals surface area contributed by atoms with Gasteiger partial charge in [0.25, 0.3) is 5.91 Å². The molecule has 0 N–H and O–H groups in total. The quantitative estimate of drug-likeness (QED) is 0.228. The summed E-state index contributed by atoms with van der Waals surface area (Å²) in [7, 11) is 1.33. The molecular formula is C24H23ClFNO5S2. The Balaban J connectivity index is 1.73. The molecule has 1 aliphatic rings. The van der Waals surface area contributed by atoms with E-state index in [-0.39, 0.29) is 35.5 Å². The van der Waals surface area contributed by atoms with Crippen molar-refractivity contribution in [3.05, 3.63) is 63.3 Å². The highest BCUT2D eigenvalue weighted by Gasteiger charge is 2.31. The monoisotopic (exact) mass is 523 g/mol. The first-order valence-electron chi connectivity index (χ1n) is 10.5. The Morgan fingerprint density at radius 3 is 2.74 bits per heavy atom. The first-order valence-corrected chi connectivity index (χ1v) is 12.1. The molecule has 1 saturated heterocycles. The second-order valence-corrected chi connectivity index (χ2v) is 9.22. The Hall–Kier alpha value is -2.62. The van der Waals surface area contributed by atoms with Crippen LogP contribution in [-0.2, 0) is 20.9 Å². The fraction of sp³-hybridized carbons (Fsp3) is 0.292. The van der Waals surface area contributed by atoms with E-state index in [0.29, 0.717) is 40.3 Å². The normalized spacial score (nSPS) is 14.6. The van der Waals surface area contributed by atoms with Crippen LogP contribution in [0.15, 0.2) is 41.3 Å². The van der Waals surface area contributed by atoms with Crippen LogP contribution < -0.4 is 9.47 Å². The van der Waals surface area contributed by atoms with Crippen molar-refractivity contribution in [1.82, 2.24) is 4.90 Å². The van der Waals surface area contributed by atoms with Crippen molar-refractivity contribution in [3.63, 3.8) is 0 Å². The van der Waals surface area contributed by atoms with Gasteiger partial charge in [0.2, 0.25) is 0 Å². The molecule has 1 amide bonds. The van der Waals surface area contributed by atoms with Crippen molar-refractivity contribution in [3.8, 4) is 11.5 Å². The van der Waals surface area contributed by atoms with Crippen molar-refractivity contribution in [2.24, 2.45) is 0 Å². The number of rotatable bonds is 10.